The van der Waals surface area contributed by atoms with Gasteiger partial charge in [0.15, 0.2) is 0 Å². The van der Waals surface area contributed by atoms with Gasteiger partial charge in [-0.15, -0.1) is 0 Å². The van der Waals surface area contributed by atoms with Gasteiger partial charge in [0.25, 0.3) is 0 Å². The van der Waals surface area contributed by atoms with Gasteiger partial charge in [0.1, 0.15) is 6.10 Å². The van der Waals surface area contributed by atoms with Gasteiger partial charge in [-0.05, 0) is 44.9 Å². The van der Waals surface area contributed by atoms with Crippen molar-refractivity contribution in [3.63, 3.8) is 0 Å². The molecule has 0 aliphatic heterocycles. The summed E-state index contributed by atoms with van der Waals surface area (Å²) in [6.07, 6.45) is 43.6. The van der Waals surface area contributed by atoms with E-state index in [1.807, 2.05) is 0 Å². The maximum Gasteiger partial charge on any atom is 0.306 e. The number of carbonyl (C=O) groups excluding carboxylic acids is 1. The van der Waals surface area contributed by atoms with Crippen LogP contribution >= 0.6 is 0 Å². The average molecular weight is 607 g/mol. The number of ether oxygens (including phenoxy) is 2. The van der Waals surface area contributed by atoms with Gasteiger partial charge in [-0.25, -0.2) is 0 Å². The quantitative estimate of drug-likeness (QED) is 0.0443. The van der Waals surface area contributed by atoms with Crippen LogP contribution in [-0.2, 0) is 14.3 Å². The second kappa shape index (κ2) is 37.1. The highest BCUT2D eigenvalue weighted by Crippen LogP contribution is 2.14. The van der Waals surface area contributed by atoms with Gasteiger partial charge in [-0.1, -0.05) is 167 Å². The number of hydrogen-bond acceptors (Lipinski definition) is 4. The van der Waals surface area contributed by atoms with Gasteiger partial charge in [0.2, 0.25) is 0 Å². The number of carbonyl (C=O) groups is 1. The predicted molar refractivity (Wildman–Crippen MR) is 187 cm³/mol. The van der Waals surface area contributed by atoms with Crippen molar-refractivity contribution >= 4 is 5.97 Å². The maximum atomic E-state index is 12.1. The van der Waals surface area contributed by atoms with Crippen LogP contribution in [0.1, 0.15) is 194 Å². The lowest BCUT2D eigenvalue weighted by Gasteiger charge is -2.16. The Morgan fingerprint density at radius 3 is 1.49 bits per heavy atom. The topological polar surface area (TPSA) is 55.8 Å². The molecule has 0 aromatic rings. The van der Waals surface area contributed by atoms with Crippen LogP contribution in [0, 0.1) is 0 Å². The summed E-state index contributed by atoms with van der Waals surface area (Å²) < 4.78 is 11.1. The molecule has 4 nitrogen and oxygen atoms in total. The van der Waals surface area contributed by atoms with Gasteiger partial charge >= 0.3 is 5.97 Å². The van der Waals surface area contributed by atoms with Crippen molar-refractivity contribution < 1.29 is 19.4 Å². The standard InChI is InChI=1S/C39H74O4/c1-3-5-7-9-11-13-15-17-18-19-20-21-22-23-24-26-28-30-32-34-39(41)43-38(36-40)37-42-35-33-31-29-27-25-16-14-12-10-8-6-4-2/h11,13,17-18,38,40H,3-10,12,14-16,19-37H2,1-2H3/b13-11-,18-17-. The van der Waals surface area contributed by atoms with Crippen molar-refractivity contribution in [2.75, 3.05) is 19.8 Å². The Balaban J connectivity index is 3.43. The van der Waals surface area contributed by atoms with Crippen LogP contribution in [0.3, 0.4) is 0 Å². The van der Waals surface area contributed by atoms with E-state index in [2.05, 4.69) is 38.2 Å². The Hall–Kier alpha value is -1.13. The molecule has 0 aliphatic carbocycles. The molecule has 0 aliphatic rings. The fourth-order valence-electron chi connectivity index (χ4n) is 5.42. The van der Waals surface area contributed by atoms with Gasteiger partial charge in [0, 0.05) is 13.0 Å². The molecule has 0 rings (SSSR count). The first-order chi connectivity index (χ1) is 21.2. The zero-order valence-corrected chi connectivity index (χ0v) is 29.0. The summed E-state index contributed by atoms with van der Waals surface area (Å²) in [6, 6.07) is 0. The molecule has 0 radical (unpaired) electrons. The maximum absolute atomic E-state index is 12.1. The monoisotopic (exact) mass is 607 g/mol. The van der Waals surface area contributed by atoms with E-state index >= 15 is 0 Å². The predicted octanol–water partition coefficient (Wildman–Crippen LogP) is 12.0. The van der Waals surface area contributed by atoms with E-state index in [-0.39, 0.29) is 12.6 Å². The van der Waals surface area contributed by atoms with Gasteiger partial charge in [-0.2, -0.15) is 0 Å². The summed E-state index contributed by atoms with van der Waals surface area (Å²) in [6.45, 7) is 5.33. The van der Waals surface area contributed by atoms with Gasteiger partial charge in [-0.3, -0.25) is 4.79 Å². The molecule has 1 unspecified atom stereocenters. The Bertz CT molecular complexity index is 600. The first kappa shape index (κ1) is 41.9. The van der Waals surface area contributed by atoms with Crippen molar-refractivity contribution in [1.29, 1.82) is 0 Å². The number of unbranched alkanes of at least 4 members (excludes halogenated alkanes) is 23. The summed E-state index contributed by atoms with van der Waals surface area (Å²) in [5.74, 6) is -0.204. The third-order valence-corrected chi connectivity index (χ3v) is 8.28. The lowest BCUT2D eigenvalue weighted by molar-refractivity contribution is -0.154. The third kappa shape index (κ3) is 35.2. The van der Waals surface area contributed by atoms with Crippen molar-refractivity contribution in [3.05, 3.63) is 24.3 Å². The van der Waals surface area contributed by atoms with E-state index in [4.69, 9.17) is 9.47 Å². The zero-order valence-electron chi connectivity index (χ0n) is 29.0. The van der Waals surface area contributed by atoms with Crippen molar-refractivity contribution in [3.8, 4) is 0 Å². The van der Waals surface area contributed by atoms with Crippen LogP contribution in [0.4, 0.5) is 0 Å². The zero-order chi connectivity index (χ0) is 31.3. The van der Waals surface area contributed by atoms with Crippen molar-refractivity contribution in [2.45, 2.75) is 200 Å². The highest BCUT2D eigenvalue weighted by Gasteiger charge is 2.13. The molecule has 254 valence electrons. The van der Waals surface area contributed by atoms with Crippen LogP contribution in [0.2, 0.25) is 0 Å². The van der Waals surface area contributed by atoms with Gasteiger partial charge in [0.05, 0.1) is 13.2 Å². The van der Waals surface area contributed by atoms with E-state index < -0.39 is 6.10 Å². The largest absolute Gasteiger partial charge is 0.457 e. The molecule has 0 amide bonds. The van der Waals surface area contributed by atoms with E-state index in [1.54, 1.807) is 0 Å². The molecule has 0 saturated carbocycles. The number of rotatable bonds is 35. The molecule has 0 saturated heterocycles. The lowest BCUT2D eigenvalue weighted by Crippen LogP contribution is -2.27. The molecular weight excluding hydrogens is 532 g/mol. The van der Waals surface area contributed by atoms with Crippen molar-refractivity contribution in [2.24, 2.45) is 0 Å². The smallest absolute Gasteiger partial charge is 0.306 e. The second-order valence-electron chi connectivity index (χ2n) is 12.7. The van der Waals surface area contributed by atoms with E-state index in [9.17, 15) is 9.90 Å². The van der Waals surface area contributed by atoms with Crippen LogP contribution in [0.15, 0.2) is 24.3 Å². The minimum Gasteiger partial charge on any atom is -0.457 e. The molecule has 0 fully saturated rings. The van der Waals surface area contributed by atoms with Crippen LogP contribution in [-0.4, -0.2) is 37.0 Å². The molecule has 1 atom stereocenters. The number of aliphatic hydroxyl groups excluding tert-OH is 1. The fourth-order valence-corrected chi connectivity index (χ4v) is 5.42. The second-order valence-corrected chi connectivity index (χ2v) is 12.7. The summed E-state index contributed by atoms with van der Waals surface area (Å²) >= 11 is 0. The van der Waals surface area contributed by atoms with Crippen LogP contribution in [0.25, 0.3) is 0 Å². The molecule has 0 aromatic heterocycles. The summed E-state index contributed by atoms with van der Waals surface area (Å²) in [4.78, 5) is 12.1. The summed E-state index contributed by atoms with van der Waals surface area (Å²) in [7, 11) is 0. The Morgan fingerprint density at radius 2 is 0.977 bits per heavy atom. The first-order valence-corrected chi connectivity index (χ1v) is 18.9. The number of esters is 1. The molecule has 43 heavy (non-hydrogen) atoms. The number of hydrogen-bond donors (Lipinski definition) is 1. The summed E-state index contributed by atoms with van der Waals surface area (Å²) in [5.41, 5.74) is 0. The molecule has 0 aromatic carbocycles. The first-order valence-electron chi connectivity index (χ1n) is 18.9. The fraction of sp³-hybridized carbons (Fsp3) is 0.872. The van der Waals surface area contributed by atoms with Gasteiger partial charge < -0.3 is 14.6 Å². The third-order valence-electron chi connectivity index (χ3n) is 8.28. The number of allylic oxidation sites excluding steroid dienone is 4. The van der Waals surface area contributed by atoms with E-state index in [0.29, 0.717) is 19.6 Å². The highest BCUT2D eigenvalue weighted by molar-refractivity contribution is 5.69. The Morgan fingerprint density at radius 1 is 0.558 bits per heavy atom. The normalized spacial score (nSPS) is 12.5. The minimum atomic E-state index is -0.530. The minimum absolute atomic E-state index is 0.170. The van der Waals surface area contributed by atoms with Crippen LogP contribution < -0.4 is 0 Å². The summed E-state index contributed by atoms with van der Waals surface area (Å²) in [5, 5.41) is 9.55. The van der Waals surface area contributed by atoms with E-state index in [0.717, 1.165) is 25.7 Å². The molecule has 0 heterocycles. The highest BCUT2D eigenvalue weighted by atomic mass is 16.6. The molecular formula is C39H74O4. The molecule has 1 N–H and O–H groups in total. The number of aliphatic hydroxyl groups is 1. The average Bonchev–Trinajstić information content (AvgIpc) is 3.01. The lowest BCUT2D eigenvalue weighted by atomic mass is 10.1. The molecule has 4 heteroatoms. The Labute approximate surface area is 268 Å². The Kier molecular flexibility index (Phi) is 36.1. The van der Waals surface area contributed by atoms with E-state index in [1.165, 1.54) is 148 Å². The van der Waals surface area contributed by atoms with Crippen molar-refractivity contribution in [1.82, 2.24) is 0 Å². The SMILES string of the molecule is CCCCC/C=C\C/C=C\CCCCCCCCCCCC(=O)OC(CO)COCCCCCCCCCCCCCC. The molecule has 0 spiro atoms. The molecule has 0 bridgehead atoms. The van der Waals surface area contributed by atoms with Crippen LogP contribution in [0.5, 0.6) is 0 Å².